The summed E-state index contributed by atoms with van der Waals surface area (Å²) in [5.74, 6) is 1.99. The molecule has 0 aliphatic heterocycles. The number of hydrogen-bond donors (Lipinski definition) is 0. The molecule has 0 radical (unpaired) electrons. The smallest absolute Gasteiger partial charge is 0.159 e. The van der Waals surface area contributed by atoms with E-state index >= 15 is 0 Å². The number of unbranched alkanes of at least 4 members (excludes halogenated alkanes) is 1. The molecule has 18 heavy (non-hydrogen) atoms. The average Bonchev–Trinajstić information content (AvgIpc) is 2.85. The number of aryl methyl sites for hydroxylation is 1. The van der Waals surface area contributed by atoms with Gasteiger partial charge in [0.25, 0.3) is 0 Å². The van der Waals surface area contributed by atoms with Crippen molar-refractivity contribution in [1.29, 1.82) is 0 Å². The molecule has 2 rings (SSSR count). The van der Waals surface area contributed by atoms with Crippen molar-refractivity contribution in [3.8, 4) is 11.3 Å². The van der Waals surface area contributed by atoms with Gasteiger partial charge in [0.05, 0.1) is 0 Å². The van der Waals surface area contributed by atoms with Gasteiger partial charge in [0.2, 0.25) is 0 Å². The van der Waals surface area contributed by atoms with Gasteiger partial charge in [0.15, 0.2) is 5.78 Å². The Kier molecular flexibility index (Phi) is 3.98. The summed E-state index contributed by atoms with van der Waals surface area (Å²) < 4.78 is 5.79. The molecular weight excluding hydrogens is 224 g/mol. The lowest BCUT2D eigenvalue weighted by Gasteiger charge is -1.99. The highest BCUT2D eigenvalue weighted by molar-refractivity contribution is 5.94. The van der Waals surface area contributed by atoms with Crippen molar-refractivity contribution in [2.24, 2.45) is 0 Å². The summed E-state index contributed by atoms with van der Waals surface area (Å²) in [7, 11) is 0. The van der Waals surface area contributed by atoms with Crippen LogP contribution in [-0.2, 0) is 6.42 Å². The van der Waals surface area contributed by atoms with Gasteiger partial charge in [-0.1, -0.05) is 37.6 Å². The summed E-state index contributed by atoms with van der Waals surface area (Å²) in [5.41, 5.74) is 1.75. The molecule has 0 spiro atoms. The molecule has 1 heterocycles. The fourth-order valence-electron chi connectivity index (χ4n) is 1.89. The molecule has 1 aromatic carbocycles. The first kappa shape index (κ1) is 12.6. The van der Waals surface area contributed by atoms with Crippen LogP contribution in [-0.4, -0.2) is 5.78 Å². The van der Waals surface area contributed by atoms with Crippen LogP contribution in [0.3, 0.4) is 0 Å². The first-order valence-corrected chi connectivity index (χ1v) is 6.41. The maximum Gasteiger partial charge on any atom is 0.159 e. The summed E-state index contributed by atoms with van der Waals surface area (Å²) in [6.07, 6.45) is 3.31. The molecule has 2 nitrogen and oxygen atoms in total. The summed E-state index contributed by atoms with van der Waals surface area (Å²) in [4.78, 5) is 11.2. The van der Waals surface area contributed by atoms with E-state index in [-0.39, 0.29) is 5.78 Å². The van der Waals surface area contributed by atoms with Crippen LogP contribution in [0.1, 0.15) is 42.8 Å². The molecule has 0 N–H and O–H groups in total. The van der Waals surface area contributed by atoms with Gasteiger partial charge >= 0.3 is 0 Å². The van der Waals surface area contributed by atoms with Crippen molar-refractivity contribution in [3.05, 3.63) is 47.7 Å². The lowest BCUT2D eigenvalue weighted by molar-refractivity contribution is 0.101. The standard InChI is InChI=1S/C16H18O2/c1-3-4-5-15-10-11-16(18-15)14-8-6-13(7-9-14)12(2)17/h6-11H,3-5H2,1-2H3. The number of carbonyl (C=O) groups is 1. The maximum atomic E-state index is 11.2. The van der Waals surface area contributed by atoms with Gasteiger partial charge in [-0.15, -0.1) is 0 Å². The Morgan fingerprint density at radius 2 is 1.83 bits per heavy atom. The summed E-state index contributed by atoms with van der Waals surface area (Å²) in [6, 6.07) is 11.6. The minimum atomic E-state index is 0.0876. The van der Waals surface area contributed by atoms with Gasteiger partial charge in [-0.25, -0.2) is 0 Å². The van der Waals surface area contributed by atoms with Gasteiger partial charge < -0.3 is 4.42 Å². The molecule has 0 fully saturated rings. The summed E-state index contributed by atoms with van der Waals surface area (Å²) in [6.45, 7) is 3.75. The third-order valence-corrected chi connectivity index (χ3v) is 3.01. The Morgan fingerprint density at radius 3 is 2.44 bits per heavy atom. The molecule has 0 aliphatic rings. The molecule has 94 valence electrons. The van der Waals surface area contributed by atoms with Crippen molar-refractivity contribution >= 4 is 5.78 Å². The number of furan rings is 1. The molecule has 0 bridgehead atoms. The second kappa shape index (κ2) is 5.67. The number of rotatable bonds is 5. The third kappa shape index (κ3) is 2.89. The minimum absolute atomic E-state index is 0.0876. The fourth-order valence-corrected chi connectivity index (χ4v) is 1.89. The fraction of sp³-hybridized carbons (Fsp3) is 0.312. The largest absolute Gasteiger partial charge is 0.461 e. The number of Topliss-reactive ketones (excluding diaryl/α,β-unsaturated/α-hetero) is 1. The number of benzene rings is 1. The SMILES string of the molecule is CCCCc1ccc(-c2ccc(C(C)=O)cc2)o1. The van der Waals surface area contributed by atoms with Crippen molar-refractivity contribution in [3.63, 3.8) is 0 Å². The van der Waals surface area contributed by atoms with Crippen LogP contribution < -0.4 is 0 Å². The van der Waals surface area contributed by atoms with Gasteiger partial charge in [-0.3, -0.25) is 4.79 Å². The zero-order valence-electron chi connectivity index (χ0n) is 10.9. The van der Waals surface area contributed by atoms with Crippen molar-refractivity contribution in [2.45, 2.75) is 33.1 Å². The van der Waals surface area contributed by atoms with Crippen molar-refractivity contribution in [2.75, 3.05) is 0 Å². The molecule has 0 saturated carbocycles. The Hall–Kier alpha value is -1.83. The quantitative estimate of drug-likeness (QED) is 0.723. The number of carbonyl (C=O) groups excluding carboxylic acids is 1. The van der Waals surface area contributed by atoms with E-state index in [9.17, 15) is 4.79 Å². The first-order valence-electron chi connectivity index (χ1n) is 6.41. The second-order valence-electron chi connectivity index (χ2n) is 4.50. The molecule has 2 aromatic rings. The lowest BCUT2D eigenvalue weighted by Crippen LogP contribution is -1.90. The van der Waals surface area contributed by atoms with Crippen molar-refractivity contribution in [1.82, 2.24) is 0 Å². The van der Waals surface area contributed by atoms with Gasteiger partial charge in [-0.05, 0) is 25.5 Å². The van der Waals surface area contributed by atoms with Crippen LogP contribution >= 0.6 is 0 Å². The van der Waals surface area contributed by atoms with Crippen LogP contribution in [0, 0.1) is 0 Å². The molecule has 0 atom stereocenters. The third-order valence-electron chi connectivity index (χ3n) is 3.01. The van der Waals surface area contributed by atoms with Crippen molar-refractivity contribution < 1.29 is 9.21 Å². The Labute approximate surface area is 108 Å². The first-order chi connectivity index (χ1) is 8.70. The molecule has 0 saturated heterocycles. The molecule has 1 aromatic heterocycles. The Morgan fingerprint density at radius 1 is 1.11 bits per heavy atom. The van der Waals surface area contributed by atoms with Gasteiger partial charge in [0.1, 0.15) is 11.5 Å². The Bertz CT molecular complexity index is 520. The topological polar surface area (TPSA) is 30.2 Å². The van der Waals surface area contributed by atoms with Crippen LogP contribution in [0.25, 0.3) is 11.3 Å². The van der Waals surface area contributed by atoms with E-state index in [4.69, 9.17) is 4.42 Å². The monoisotopic (exact) mass is 242 g/mol. The molecule has 0 amide bonds. The van der Waals surface area contributed by atoms with E-state index in [0.717, 1.165) is 35.5 Å². The summed E-state index contributed by atoms with van der Waals surface area (Å²) >= 11 is 0. The van der Waals surface area contributed by atoms with E-state index in [1.165, 1.54) is 6.42 Å². The predicted molar refractivity (Wildman–Crippen MR) is 72.8 cm³/mol. The zero-order valence-corrected chi connectivity index (χ0v) is 10.9. The summed E-state index contributed by atoms with van der Waals surface area (Å²) in [5, 5.41) is 0. The minimum Gasteiger partial charge on any atom is -0.461 e. The maximum absolute atomic E-state index is 11.2. The predicted octanol–water partition coefficient (Wildman–Crippen LogP) is 4.49. The van der Waals surface area contributed by atoms with Gasteiger partial charge in [-0.2, -0.15) is 0 Å². The molecule has 2 heteroatoms. The lowest BCUT2D eigenvalue weighted by atomic mass is 10.1. The van der Waals surface area contributed by atoms with E-state index < -0.39 is 0 Å². The zero-order chi connectivity index (χ0) is 13.0. The number of ketones is 1. The normalized spacial score (nSPS) is 10.6. The highest BCUT2D eigenvalue weighted by atomic mass is 16.3. The van der Waals surface area contributed by atoms with Gasteiger partial charge in [0, 0.05) is 17.5 Å². The number of hydrogen-bond acceptors (Lipinski definition) is 2. The van der Waals surface area contributed by atoms with Crippen LogP contribution in [0.15, 0.2) is 40.8 Å². The second-order valence-corrected chi connectivity index (χ2v) is 4.50. The molecular formula is C16H18O2. The highest BCUT2D eigenvalue weighted by Gasteiger charge is 2.05. The molecule has 0 unspecified atom stereocenters. The van der Waals surface area contributed by atoms with E-state index in [1.807, 2.05) is 36.4 Å². The average molecular weight is 242 g/mol. The highest BCUT2D eigenvalue weighted by Crippen LogP contribution is 2.23. The van der Waals surface area contributed by atoms with Crippen LogP contribution in [0.2, 0.25) is 0 Å². The van der Waals surface area contributed by atoms with E-state index in [2.05, 4.69) is 6.92 Å². The Balaban J connectivity index is 2.15. The van der Waals surface area contributed by atoms with Crippen LogP contribution in [0.4, 0.5) is 0 Å². The van der Waals surface area contributed by atoms with Crippen LogP contribution in [0.5, 0.6) is 0 Å². The molecule has 0 aliphatic carbocycles. The van der Waals surface area contributed by atoms with E-state index in [1.54, 1.807) is 6.92 Å². The van der Waals surface area contributed by atoms with E-state index in [0.29, 0.717) is 0 Å².